The Morgan fingerprint density at radius 3 is 2.52 bits per heavy atom. The highest BCUT2D eigenvalue weighted by molar-refractivity contribution is 6.30. The Labute approximate surface area is 287 Å². The van der Waals surface area contributed by atoms with Gasteiger partial charge in [0.25, 0.3) is 5.91 Å². The zero-order valence-electron chi connectivity index (χ0n) is 26.6. The van der Waals surface area contributed by atoms with E-state index in [2.05, 4.69) is 36.0 Å². The number of rotatable bonds is 4. The molecule has 1 aliphatic heterocycles. The molecule has 0 saturated carbocycles. The first-order valence-corrected chi connectivity index (χ1v) is 15.2. The number of carboxylic acids is 1. The number of anilines is 2. The third-order valence-electron chi connectivity index (χ3n) is 7.55. The van der Waals surface area contributed by atoms with Crippen molar-refractivity contribution < 1.29 is 46.6 Å². The summed E-state index contributed by atoms with van der Waals surface area (Å²) in [6, 6.07) is 12.8. The molecule has 2 aromatic heterocycles. The summed E-state index contributed by atoms with van der Waals surface area (Å²) in [4.78, 5) is 51.8. The number of methoxy groups -OCH3 is 1. The number of aromatic nitrogens is 4. The number of hydrogen-bond acceptors (Lipinski definition) is 8. The molecule has 0 aliphatic carbocycles. The molecule has 0 fully saturated rings. The lowest BCUT2D eigenvalue weighted by molar-refractivity contribution is -0.192. The first-order chi connectivity index (χ1) is 23.6. The fourth-order valence-corrected chi connectivity index (χ4v) is 5.08. The van der Waals surface area contributed by atoms with Gasteiger partial charge in [0, 0.05) is 23.4 Å². The molecule has 2 bridgehead atoms. The molecule has 2 aromatic carbocycles. The molecule has 0 spiro atoms. The van der Waals surface area contributed by atoms with E-state index < -0.39 is 36.0 Å². The zero-order valence-corrected chi connectivity index (χ0v) is 27.4. The lowest BCUT2D eigenvalue weighted by Crippen LogP contribution is -2.30. The maximum atomic E-state index is 14.7. The van der Waals surface area contributed by atoms with E-state index in [-0.39, 0.29) is 28.2 Å². The summed E-state index contributed by atoms with van der Waals surface area (Å²) in [5.74, 6) is -4.43. The second-order valence-electron chi connectivity index (χ2n) is 11.0. The monoisotopic (exact) mass is 719 g/mol. The number of nitrogens with zero attached hydrogens (tertiary/aromatic N) is 4. The fourth-order valence-electron chi connectivity index (χ4n) is 4.91. The molecule has 4 aromatic rings. The molecule has 3 heterocycles. The smallest absolute Gasteiger partial charge is 0.475 e. The van der Waals surface area contributed by atoms with E-state index >= 15 is 0 Å². The van der Waals surface area contributed by atoms with Crippen LogP contribution in [0.3, 0.4) is 0 Å². The quantitative estimate of drug-likeness (QED) is 0.172. The van der Waals surface area contributed by atoms with Crippen LogP contribution in [-0.2, 0) is 14.3 Å². The molecular weight excluding hydrogens is 690 g/mol. The van der Waals surface area contributed by atoms with Gasteiger partial charge in [0.05, 0.1) is 35.2 Å². The molecule has 264 valence electrons. The summed E-state index contributed by atoms with van der Waals surface area (Å²) in [5, 5.41) is 23.7. The largest absolute Gasteiger partial charge is 0.490 e. The summed E-state index contributed by atoms with van der Waals surface area (Å²) in [7, 11) is 1.27. The molecular formula is C32H30ClF4N7O6. The van der Waals surface area contributed by atoms with Gasteiger partial charge >= 0.3 is 18.2 Å². The van der Waals surface area contributed by atoms with Gasteiger partial charge in [-0.1, -0.05) is 42.3 Å². The second-order valence-corrected chi connectivity index (χ2v) is 11.4. The van der Waals surface area contributed by atoms with Crippen molar-refractivity contribution in [3.63, 3.8) is 0 Å². The van der Waals surface area contributed by atoms with Gasteiger partial charge in [-0.3, -0.25) is 19.9 Å². The van der Waals surface area contributed by atoms with Gasteiger partial charge < -0.3 is 20.5 Å². The van der Waals surface area contributed by atoms with Crippen molar-refractivity contribution in [3.8, 4) is 16.8 Å². The van der Waals surface area contributed by atoms with Crippen molar-refractivity contribution in [1.29, 1.82) is 0 Å². The summed E-state index contributed by atoms with van der Waals surface area (Å²) in [6.45, 7) is 3.45. The standard InChI is InChI=1S/C30H29ClFN7O4.C2HF3O2/c1-16-6-4-8-22(35-29(41)27-17(2)39(38-37-27)25-9-5-7-21(31)26(25)32)24-14-18(12-13-33-24)20-11-10-19(34-30(42)43-3)15-23(20)36-28(16)40;3-2(4,5)1(6)7/h5,7,9-16,22H,4,6,8H2,1-3H3,(H,34,42)(H,35,41)(H,36,40);(H,6,7)/t16-,22+;/m1./s1. The van der Waals surface area contributed by atoms with Gasteiger partial charge in [-0.15, -0.1) is 5.10 Å². The summed E-state index contributed by atoms with van der Waals surface area (Å²) < 4.78 is 52.3. The average molecular weight is 720 g/mol. The van der Waals surface area contributed by atoms with E-state index in [0.717, 1.165) is 5.56 Å². The normalized spacial score (nSPS) is 15.9. The molecule has 18 heteroatoms. The molecule has 3 amide bonds. The third kappa shape index (κ3) is 8.90. The van der Waals surface area contributed by atoms with Crippen molar-refractivity contribution in [2.75, 3.05) is 17.7 Å². The van der Waals surface area contributed by atoms with Crippen molar-refractivity contribution in [3.05, 3.63) is 82.6 Å². The maximum Gasteiger partial charge on any atom is 0.490 e. The summed E-state index contributed by atoms with van der Waals surface area (Å²) >= 11 is 5.94. The number of fused-ring (bicyclic) bond motifs is 4. The number of pyridine rings is 1. The van der Waals surface area contributed by atoms with E-state index in [1.807, 2.05) is 13.0 Å². The van der Waals surface area contributed by atoms with Crippen LogP contribution in [0.2, 0.25) is 5.02 Å². The fraction of sp³-hybridized carbons (Fsp3) is 0.281. The average Bonchev–Trinajstić information content (AvgIpc) is 3.45. The van der Waals surface area contributed by atoms with Crippen molar-refractivity contribution >= 4 is 46.9 Å². The van der Waals surface area contributed by atoms with Crippen LogP contribution in [0.15, 0.2) is 54.7 Å². The molecule has 2 atom stereocenters. The van der Waals surface area contributed by atoms with Gasteiger partial charge in [0.15, 0.2) is 11.5 Å². The number of amides is 3. The topological polar surface area (TPSA) is 177 Å². The Morgan fingerprint density at radius 1 is 1.12 bits per heavy atom. The van der Waals surface area contributed by atoms with Gasteiger partial charge in [-0.05, 0) is 61.7 Å². The molecule has 0 radical (unpaired) electrons. The van der Waals surface area contributed by atoms with Crippen LogP contribution < -0.4 is 16.0 Å². The lowest BCUT2D eigenvalue weighted by atomic mass is 9.95. The molecule has 0 saturated heterocycles. The third-order valence-corrected chi connectivity index (χ3v) is 7.84. The minimum atomic E-state index is -5.08. The van der Waals surface area contributed by atoms with Crippen LogP contribution in [0.5, 0.6) is 0 Å². The number of alkyl halides is 3. The van der Waals surface area contributed by atoms with E-state index in [1.165, 1.54) is 23.9 Å². The minimum Gasteiger partial charge on any atom is -0.475 e. The van der Waals surface area contributed by atoms with Gasteiger partial charge in [-0.25, -0.2) is 18.7 Å². The predicted octanol–water partition coefficient (Wildman–Crippen LogP) is 6.47. The van der Waals surface area contributed by atoms with Crippen LogP contribution in [-0.4, -0.2) is 62.2 Å². The number of aliphatic carboxylic acids is 1. The second kappa shape index (κ2) is 15.8. The van der Waals surface area contributed by atoms with Crippen LogP contribution in [0.1, 0.15) is 54.1 Å². The molecule has 0 unspecified atom stereocenters. The molecule has 50 heavy (non-hydrogen) atoms. The zero-order chi connectivity index (χ0) is 36.7. The van der Waals surface area contributed by atoms with Crippen LogP contribution >= 0.6 is 11.6 Å². The van der Waals surface area contributed by atoms with Gasteiger partial charge in [0.1, 0.15) is 5.69 Å². The Balaban J connectivity index is 0.000000727. The van der Waals surface area contributed by atoms with Crippen molar-refractivity contribution in [1.82, 2.24) is 25.3 Å². The molecule has 4 N–H and O–H groups in total. The van der Waals surface area contributed by atoms with Crippen LogP contribution in [0, 0.1) is 18.7 Å². The Morgan fingerprint density at radius 2 is 1.84 bits per heavy atom. The van der Waals surface area contributed by atoms with Gasteiger partial charge in [-0.2, -0.15) is 13.2 Å². The Bertz CT molecular complexity index is 1920. The van der Waals surface area contributed by atoms with E-state index in [0.29, 0.717) is 47.6 Å². The Hall–Kier alpha value is -5.58. The number of ether oxygens (including phenoxy) is 1. The first kappa shape index (κ1) is 37.2. The predicted molar refractivity (Wildman–Crippen MR) is 172 cm³/mol. The van der Waals surface area contributed by atoms with Gasteiger partial charge in [0.2, 0.25) is 5.91 Å². The van der Waals surface area contributed by atoms with Crippen LogP contribution in [0.4, 0.5) is 33.7 Å². The SMILES string of the molecule is COC(=O)Nc1ccc2c(c1)NC(=O)[C@H](C)CCC[C@H](NC(=O)c1nnn(-c3cccc(Cl)c3F)c1C)c1cc-2ccn1.O=C(O)C(F)(F)F. The molecule has 13 nitrogen and oxygen atoms in total. The number of carboxylic acid groups (broad SMARTS) is 1. The number of carbonyl (C=O) groups is 4. The van der Waals surface area contributed by atoms with Crippen molar-refractivity contribution in [2.45, 2.75) is 45.3 Å². The number of hydrogen-bond donors (Lipinski definition) is 4. The highest BCUT2D eigenvalue weighted by Gasteiger charge is 2.38. The van der Waals surface area contributed by atoms with E-state index in [4.69, 9.17) is 21.5 Å². The summed E-state index contributed by atoms with van der Waals surface area (Å²) in [5.41, 5.74) is 3.46. The first-order valence-electron chi connectivity index (χ1n) is 14.8. The highest BCUT2D eigenvalue weighted by Crippen LogP contribution is 2.34. The van der Waals surface area contributed by atoms with Crippen molar-refractivity contribution in [2.24, 2.45) is 5.92 Å². The highest BCUT2D eigenvalue weighted by atomic mass is 35.5. The van der Waals surface area contributed by atoms with E-state index in [9.17, 15) is 31.9 Å². The number of carbonyl (C=O) groups excluding carboxylic acids is 3. The van der Waals surface area contributed by atoms with E-state index in [1.54, 1.807) is 43.5 Å². The summed E-state index contributed by atoms with van der Waals surface area (Å²) in [6.07, 6.45) is -2.41. The molecule has 5 rings (SSSR count). The minimum absolute atomic E-state index is 0.0328. The number of nitrogens with one attached hydrogen (secondary N) is 3. The van der Waals surface area contributed by atoms with Crippen LogP contribution in [0.25, 0.3) is 16.8 Å². The maximum absolute atomic E-state index is 14.7. The number of halogens is 5. The number of benzene rings is 2. The Kier molecular flexibility index (Phi) is 11.7. The lowest BCUT2D eigenvalue weighted by Gasteiger charge is -2.22. The molecule has 1 aliphatic rings.